The van der Waals surface area contributed by atoms with Gasteiger partial charge in [0, 0.05) is 13.2 Å². The average molecular weight is 311 g/mol. The number of nitrogens with one attached hydrogen (secondary N) is 1. The molecule has 0 spiro atoms. The molecular weight excluding hydrogens is 286 g/mol. The van der Waals surface area contributed by atoms with E-state index in [1.807, 2.05) is 13.8 Å². The summed E-state index contributed by atoms with van der Waals surface area (Å²) in [5.74, 6) is -0.270. The monoisotopic (exact) mass is 311 g/mol. The van der Waals surface area contributed by atoms with E-state index in [-0.39, 0.29) is 11.7 Å². The largest absolute Gasteiger partial charge is 0.357 e. The summed E-state index contributed by atoms with van der Waals surface area (Å²) < 4.78 is 40.3. The third kappa shape index (κ3) is 14.2. The SMILES string of the molecule is CCOC(OCC)[Si]CCCNCCCS(=O)(=O)O. The minimum Gasteiger partial charge on any atom is -0.357 e. The molecule has 0 aliphatic carbocycles. The van der Waals surface area contributed by atoms with E-state index < -0.39 is 10.1 Å². The molecule has 6 nitrogen and oxygen atoms in total. The van der Waals surface area contributed by atoms with Gasteiger partial charge < -0.3 is 14.8 Å². The lowest BCUT2D eigenvalue weighted by Gasteiger charge is -2.15. The predicted molar refractivity (Wildman–Crippen MR) is 76.1 cm³/mol. The molecule has 114 valence electrons. The molecule has 2 N–H and O–H groups in total. The molecule has 0 saturated carbocycles. The molecule has 0 bridgehead atoms. The van der Waals surface area contributed by atoms with Gasteiger partial charge in [0.1, 0.15) is 15.4 Å². The summed E-state index contributed by atoms with van der Waals surface area (Å²) in [5.41, 5.74) is 0. The summed E-state index contributed by atoms with van der Waals surface area (Å²) >= 11 is 0. The third-order valence-electron chi connectivity index (χ3n) is 2.23. The van der Waals surface area contributed by atoms with E-state index in [2.05, 4.69) is 5.32 Å². The Balaban J connectivity index is 3.38. The standard InChI is InChI=1S/C11H25NO5SSi/c1-3-16-11(17-4-2)19-10-6-8-12-7-5-9-18(13,14)15/h11-12H,3-10H2,1-2H3,(H,13,14,15). The first-order chi connectivity index (χ1) is 8.99. The predicted octanol–water partition coefficient (Wildman–Crippen LogP) is 0.723. The zero-order chi connectivity index (χ0) is 14.6. The lowest BCUT2D eigenvalue weighted by molar-refractivity contribution is -0.0827. The van der Waals surface area contributed by atoms with Crippen LogP contribution in [0.15, 0.2) is 0 Å². The summed E-state index contributed by atoms with van der Waals surface area (Å²) in [6, 6.07) is 1.02. The highest BCUT2D eigenvalue weighted by Crippen LogP contribution is 1.98. The molecule has 0 unspecified atom stereocenters. The van der Waals surface area contributed by atoms with Crippen LogP contribution >= 0.6 is 0 Å². The first-order valence-corrected chi connectivity index (χ1v) is 9.51. The first kappa shape index (κ1) is 19.0. The van der Waals surface area contributed by atoms with Gasteiger partial charge in [0.15, 0.2) is 0 Å². The van der Waals surface area contributed by atoms with Crippen molar-refractivity contribution in [2.75, 3.05) is 32.1 Å². The van der Waals surface area contributed by atoms with Crippen LogP contribution in [-0.2, 0) is 19.6 Å². The second-order valence-corrected chi connectivity index (χ2v) is 6.89. The summed E-state index contributed by atoms with van der Waals surface area (Å²) in [7, 11) is -3.20. The summed E-state index contributed by atoms with van der Waals surface area (Å²) in [6.45, 7) is 6.66. The van der Waals surface area contributed by atoms with Crippen LogP contribution in [0, 0.1) is 0 Å². The van der Waals surface area contributed by atoms with Crippen molar-refractivity contribution in [2.24, 2.45) is 0 Å². The van der Waals surface area contributed by atoms with Crippen molar-refractivity contribution >= 4 is 19.6 Å². The van der Waals surface area contributed by atoms with Gasteiger partial charge in [0.2, 0.25) is 0 Å². The molecule has 0 fully saturated rings. The molecule has 19 heavy (non-hydrogen) atoms. The van der Waals surface area contributed by atoms with Crippen LogP contribution < -0.4 is 5.32 Å². The van der Waals surface area contributed by atoms with Crippen molar-refractivity contribution in [1.29, 1.82) is 0 Å². The van der Waals surface area contributed by atoms with Crippen molar-refractivity contribution in [1.82, 2.24) is 5.32 Å². The molecule has 0 aromatic rings. The molecule has 0 amide bonds. The highest BCUT2D eigenvalue weighted by atomic mass is 32.2. The molecule has 8 heteroatoms. The van der Waals surface area contributed by atoms with Crippen molar-refractivity contribution in [3.05, 3.63) is 0 Å². The topological polar surface area (TPSA) is 84.9 Å². The van der Waals surface area contributed by atoms with Gasteiger partial charge in [-0.15, -0.1) is 0 Å². The molecule has 0 aliphatic rings. The minimum absolute atomic E-state index is 0.0884. The lowest BCUT2D eigenvalue weighted by Crippen LogP contribution is -2.26. The maximum Gasteiger partial charge on any atom is 0.264 e. The zero-order valence-corrected chi connectivity index (χ0v) is 13.5. The Morgan fingerprint density at radius 1 is 1.16 bits per heavy atom. The van der Waals surface area contributed by atoms with E-state index in [0.717, 1.165) is 19.0 Å². The maximum absolute atomic E-state index is 10.5. The Hall–Kier alpha value is 0.00688. The molecule has 0 aromatic heterocycles. The van der Waals surface area contributed by atoms with Gasteiger partial charge in [-0.3, -0.25) is 4.55 Å². The van der Waals surface area contributed by atoms with Crippen LogP contribution in [0.2, 0.25) is 6.04 Å². The number of hydrogen-bond donors (Lipinski definition) is 2. The molecule has 2 radical (unpaired) electrons. The maximum atomic E-state index is 10.5. The van der Waals surface area contributed by atoms with Gasteiger partial charge in [-0.25, -0.2) is 0 Å². The van der Waals surface area contributed by atoms with Crippen LogP contribution in [0.5, 0.6) is 0 Å². The van der Waals surface area contributed by atoms with E-state index in [9.17, 15) is 8.42 Å². The summed E-state index contributed by atoms with van der Waals surface area (Å²) in [6.07, 6.45) is 1.43. The Bertz CT molecular complexity index is 293. The second kappa shape index (κ2) is 11.8. The second-order valence-electron chi connectivity index (χ2n) is 3.94. The van der Waals surface area contributed by atoms with Crippen molar-refractivity contribution in [3.8, 4) is 0 Å². The zero-order valence-electron chi connectivity index (χ0n) is 11.7. The van der Waals surface area contributed by atoms with Crippen molar-refractivity contribution < 1.29 is 22.4 Å². The minimum atomic E-state index is -3.82. The normalized spacial score (nSPS) is 12.2. The molecule has 0 heterocycles. The van der Waals surface area contributed by atoms with E-state index >= 15 is 0 Å². The highest BCUT2D eigenvalue weighted by Gasteiger charge is 2.08. The van der Waals surface area contributed by atoms with Gasteiger partial charge >= 0.3 is 0 Å². The fraction of sp³-hybridized carbons (Fsp3) is 1.00. The fourth-order valence-corrected chi connectivity index (χ4v) is 3.10. The Morgan fingerprint density at radius 2 is 1.74 bits per heavy atom. The summed E-state index contributed by atoms with van der Waals surface area (Å²) in [4.78, 5) is 0. The third-order valence-corrected chi connectivity index (χ3v) is 4.35. The number of rotatable bonds is 13. The molecule has 0 aliphatic heterocycles. The Kier molecular flexibility index (Phi) is 11.8. The van der Waals surface area contributed by atoms with Gasteiger partial charge in [0.05, 0.1) is 5.75 Å². The fourth-order valence-electron chi connectivity index (χ4n) is 1.41. The average Bonchev–Trinajstić information content (AvgIpc) is 2.31. The van der Waals surface area contributed by atoms with Gasteiger partial charge in [-0.1, -0.05) is 6.04 Å². The Labute approximate surface area is 118 Å². The molecular formula is C11H25NO5SSi. The van der Waals surface area contributed by atoms with Gasteiger partial charge in [0.25, 0.3) is 10.1 Å². The van der Waals surface area contributed by atoms with Crippen LogP contribution in [0.25, 0.3) is 0 Å². The molecule has 0 aromatic carbocycles. The quantitative estimate of drug-likeness (QED) is 0.226. The van der Waals surface area contributed by atoms with Crippen molar-refractivity contribution in [3.63, 3.8) is 0 Å². The van der Waals surface area contributed by atoms with Crippen LogP contribution in [0.1, 0.15) is 26.7 Å². The van der Waals surface area contributed by atoms with Crippen LogP contribution in [0.3, 0.4) is 0 Å². The Morgan fingerprint density at radius 3 is 2.26 bits per heavy atom. The summed E-state index contributed by atoms with van der Waals surface area (Å²) in [5, 5.41) is 3.14. The molecule has 0 atom stereocenters. The van der Waals surface area contributed by atoms with E-state index in [1.165, 1.54) is 0 Å². The molecule has 0 rings (SSSR count). The number of ether oxygens (including phenoxy) is 2. The smallest absolute Gasteiger partial charge is 0.264 e. The van der Waals surface area contributed by atoms with Crippen LogP contribution in [0.4, 0.5) is 0 Å². The molecule has 0 saturated heterocycles. The first-order valence-electron chi connectivity index (χ1n) is 6.62. The van der Waals surface area contributed by atoms with E-state index in [1.54, 1.807) is 0 Å². The van der Waals surface area contributed by atoms with Gasteiger partial charge in [-0.2, -0.15) is 8.42 Å². The lowest BCUT2D eigenvalue weighted by atomic mass is 10.4. The van der Waals surface area contributed by atoms with E-state index in [4.69, 9.17) is 14.0 Å². The van der Waals surface area contributed by atoms with E-state index in [0.29, 0.717) is 35.7 Å². The van der Waals surface area contributed by atoms with Crippen molar-refractivity contribution in [2.45, 2.75) is 38.6 Å². The van der Waals surface area contributed by atoms with Gasteiger partial charge in [-0.05, 0) is 39.8 Å². The van der Waals surface area contributed by atoms with Crippen LogP contribution in [-0.4, -0.2) is 60.5 Å². The highest BCUT2D eigenvalue weighted by molar-refractivity contribution is 7.85. The number of hydrogen-bond acceptors (Lipinski definition) is 5.